The van der Waals surface area contributed by atoms with Gasteiger partial charge in [-0.05, 0) is 146 Å². The topological polar surface area (TPSA) is 0 Å². The number of fused-ring (bicyclic) bond motifs is 3. The van der Waals surface area contributed by atoms with Crippen molar-refractivity contribution in [2.75, 3.05) is 0 Å². The molecule has 0 radical (unpaired) electrons. The van der Waals surface area contributed by atoms with E-state index in [4.69, 9.17) is 0 Å². The van der Waals surface area contributed by atoms with Gasteiger partial charge in [0.05, 0.1) is 0 Å². The first-order valence-corrected chi connectivity index (χ1v) is 16.9. The van der Waals surface area contributed by atoms with Gasteiger partial charge in [0, 0.05) is 0 Å². The van der Waals surface area contributed by atoms with E-state index in [0.717, 1.165) is 0 Å². The Bertz CT molecular complexity index is 2880. The van der Waals surface area contributed by atoms with Crippen molar-refractivity contribution in [1.82, 2.24) is 0 Å². The Hall–Kier alpha value is -5.98. The molecule has 0 spiro atoms. The van der Waals surface area contributed by atoms with Crippen LogP contribution in [-0.4, -0.2) is 0 Å². The molecule has 0 atom stereocenters. The van der Waals surface area contributed by atoms with Crippen molar-refractivity contribution < 1.29 is 0 Å². The van der Waals surface area contributed by atoms with Gasteiger partial charge in [0.25, 0.3) is 0 Å². The average molecular weight is 607 g/mol. The minimum Gasteiger partial charge on any atom is -0.0610 e. The number of rotatable bonds is 2. The Morgan fingerprint density at radius 2 is 0.583 bits per heavy atom. The maximum atomic E-state index is 2.42. The Morgan fingerprint density at radius 3 is 1.00 bits per heavy atom. The molecule has 0 bridgehead atoms. The number of hydrogen-bond acceptors (Lipinski definition) is 0. The lowest BCUT2D eigenvalue weighted by Crippen LogP contribution is -1.92. The van der Waals surface area contributed by atoms with Gasteiger partial charge >= 0.3 is 0 Å². The molecule has 0 saturated heterocycles. The van der Waals surface area contributed by atoms with Crippen LogP contribution in [0, 0.1) is 13.8 Å². The lowest BCUT2D eigenvalue weighted by Gasteiger charge is -2.18. The van der Waals surface area contributed by atoms with Gasteiger partial charge in [-0.2, -0.15) is 0 Å². The van der Waals surface area contributed by atoms with E-state index in [1.54, 1.807) is 0 Å². The summed E-state index contributed by atoms with van der Waals surface area (Å²) in [6.07, 6.45) is 0. The Balaban J connectivity index is 1.10. The van der Waals surface area contributed by atoms with Crippen LogP contribution >= 0.6 is 0 Å². The predicted molar refractivity (Wildman–Crippen MR) is 209 cm³/mol. The third kappa shape index (κ3) is 3.44. The van der Waals surface area contributed by atoms with Gasteiger partial charge < -0.3 is 0 Å². The highest BCUT2D eigenvalue weighted by atomic mass is 14.2. The zero-order chi connectivity index (χ0) is 31.7. The Labute approximate surface area is 278 Å². The molecule has 0 unspecified atom stereocenters. The zero-order valence-corrected chi connectivity index (χ0v) is 26.9. The van der Waals surface area contributed by atoms with E-state index < -0.39 is 0 Å². The van der Waals surface area contributed by atoms with Gasteiger partial charge in [0.2, 0.25) is 0 Å². The quantitative estimate of drug-likeness (QED) is 0.172. The maximum Gasteiger partial charge on any atom is -0.00206 e. The summed E-state index contributed by atoms with van der Waals surface area (Å²) in [5, 5.41) is 21.2. The van der Waals surface area contributed by atoms with E-state index in [0.29, 0.717) is 0 Å². The van der Waals surface area contributed by atoms with Crippen LogP contribution in [-0.2, 0) is 0 Å². The molecule has 0 nitrogen and oxygen atoms in total. The molecular formula is C48H30. The number of hydrogen-bond donors (Lipinski definition) is 0. The first-order valence-electron chi connectivity index (χ1n) is 16.9. The second-order valence-electron chi connectivity index (χ2n) is 13.8. The molecule has 0 saturated carbocycles. The van der Waals surface area contributed by atoms with Crippen LogP contribution in [0.2, 0.25) is 0 Å². The van der Waals surface area contributed by atoms with Crippen LogP contribution in [0.15, 0.2) is 146 Å². The largest absolute Gasteiger partial charge is 0.0610 e. The van der Waals surface area contributed by atoms with Crippen molar-refractivity contribution >= 4 is 86.2 Å². The fourth-order valence-electron chi connectivity index (χ4n) is 8.89. The van der Waals surface area contributed by atoms with Gasteiger partial charge in [-0.15, -0.1) is 0 Å². The van der Waals surface area contributed by atoms with Crippen LogP contribution in [0.25, 0.3) is 108 Å². The second kappa shape index (κ2) is 9.31. The Kier molecular flexibility index (Phi) is 5.07. The fraction of sp³-hybridized carbons (Fsp3) is 0.0417. The first kappa shape index (κ1) is 26.1. The van der Waals surface area contributed by atoms with Gasteiger partial charge in [-0.1, -0.05) is 133 Å². The van der Waals surface area contributed by atoms with E-state index in [9.17, 15) is 0 Å². The van der Waals surface area contributed by atoms with Crippen molar-refractivity contribution in [3.05, 3.63) is 157 Å². The minimum absolute atomic E-state index is 1.28. The summed E-state index contributed by atoms with van der Waals surface area (Å²) in [7, 11) is 0. The average Bonchev–Trinajstić information content (AvgIpc) is 3.12. The SMILES string of the molecule is Cc1cc2c(ccc3cc(-c4ccc5ccc6cccc7ccc4c5c67)c(C)cc32)cc1-c1ccc2ccc3cccc4ccc1c2c34. The molecule has 11 rings (SSSR count). The molecule has 48 heavy (non-hydrogen) atoms. The van der Waals surface area contributed by atoms with Crippen molar-refractivity contribution in [1.29, 1.82) is 0 Å². The summed E-state index contributed by atoms with van der Waals surface area (Å²) in [6.45, 7) is 4.55. The smallest absolute Gasteiger partial charge is 0.00206 e. The van der Waals surface area contributed by atoms with E-state index in [-0.39, 0.29) is 0 Å². The van der Waals surface area contributed by atoms with Crippen LogP contribution in [0.1, 0.15) is 11.1 Å². The summed E-state index contributed by atoms with van der Waals surface area (Å²) in [6, 6.07) is 55.1. The molecule has 11 aromatic rings. The molecule has 0 amide bonds. The maximum absolute atomic E-state index is 2.42. The lowest BCUT2D eigenvalue weighted by atomic mass is 9.86. The zero-order valence-electron chi connectivity index (χ0n) is 26.9. The standard InChI is InChI=1S/C48H30/c1-27-23-43-35(25-41(27)37-19-15-33-11-9-29-5-3-7-31-17-21-39(37)47(33)45(29)31)13-14-36-26-42(28(2)24-44(36)43)38-20-16-34-12-10-30-6-4-8-32-18-22-40(38)48(34)46(30)32/h3-26H,1-2H3. The minimum atomic E-state index is 1.28. The highest BCUT2D eigenvalue weighted by Gasteiger charge is 2.17. The van der Waals surface area contributed by atoms with Crippen molar-refractivity contribution in [2.45, 2.75) is 13.8 Å². The third-order valence-electron chi connectivity index (χ3n) is 11.2. The molecular weight excluding hydrogens is 577 g/mol. The molecule has 222 valence electrons. The Morgan fingerprint density at radius 1 is 0.250 bits per heavy atom. The van der Waals surface area contributed by atoms with Gasteiger partial charge in [-0.3, -0.25) is 0 Å². The molecule has 0 aliphatic rings. The van der Waals surface area contributed by atoms with Crippen LogP contribution < -0.4 is 0 Å². The summed E-state index contributed by atoms with van der Waals surface area (Å²) in [5.74, 6) is 0. The van der Waals surface area contributed by atoms with E-state index >= 15 is 0 Å². The highest BCUT2D eigenvalue weighted by molar-refractivity contribution is 6.27. The predicted octanol–water partition coefficient (Wildman–Crippen LogP) is 13.7. The number of aryl methyl sites for hydroxylation is 2. The molecule has 0 aromatic heterocycles. The van der Waals surface area contributed by atoms with Crippen LogP contribution in [0.5, 0.6) is 0 Å². The molecule has 11 aromatic carbocycles. The molecule has 0 N–H and O–H groups in total. The molecule has 0 heterocycles. The summed E-state index contributed by atoms with van der Waals surface area (Å²) in [4.78, 5) is 0. The monoisotopic (exact) mass is 606 g/mol. The van der Waals surface area contributed by atoms with Crippen molar-refractivity contribution in [2.24, 2.45) is 0 Å². The lowest BCUT2D eigenvalue weighted by molar-refractivity contribution is 1.49. The first-order chi connectivity index (χ1) is 23.6. The van der Waals surface area contributed by atoms with Gasteiger partial charge in [-0.25, -0.2) is 0 Å². The third-order valence-corrected chi connectivity index (χ3v) is 11.2. The summed E-state index contributed by atoms with van der Waals surface area (Å²) in [5.41, 5.74) is 7.84. The molecule has 0 aliphatic carbocycles. The number of benzene rings is 11. The van der Waals surface area contributed by atoms with Gasteiger partial charge in [0.1, 0.15) is 0 Å². The van der Waals surface area contributed by atoms with Crippen molar-refractivity contribution in [3.63, 3.8) is 0 Å². The molecule has 0 aliphatic heterocycles. The molecule has 0 fully saturated rings. The van der Waals surface area contributed by atoms with E-state index in [1.165, 1.54) is 120 Å². The summed E-state index contributed by atoms with van der Waals surface area (Å²) < 4.78 is 0. The second-order valence-corrected chi connectivity index (χ2v) is 13.8. The van der Waals surface area contributed by atoms with Gasteiger partial charge in [0.15, 0.2) is 0 Å². The summed E-state index contributed by atoms with van der Waals surface area (Å²) >= 11 is 0. The fourth-order valence-corrected chi connectivity index (χ4v) is 8.89. The van der Waals surface area contributed by atoms with Crippen LogP contribution in [0.3, 0.4) is 0 Å². The normalized spacial score (nSPS) is 12.4. The van der Waals surface area contributed by atoms with E-state index in [2.05, 4.69) is 159 Å². The van der Waals surface area contributed by atoms with Crippen molar-refractivity contribution in [3.8, 4) is 22.3 Å². The van der Waals surface area contributed by atoms with E-state index in [1.807, 2.05) is 0 Å². The highest BCUT2D eigenvalue weighted by Crippen LogP contribution is 2.44. The van der Waals surface area contributed by atoms with Crippen LogP contribution in [0.4, 0.5) is 0 Å². The molecule has 0 heteroatoms.